The Hall–Kier alpha value is -1.39. The van der Waals surface area contributed by atoms with Crippen LogP contribution in [0.5, 0.6) is 0 Å². The van der Waals surface area contributed by atoms with Crippen LogP contribution in [-0.2, 0) is 16.0 Å². The molecule has 0 heterocycles. The Morgan fingerprint density at radius 1 is 1.35 bits per heavy atom. The summed E-state index contributed by atoms with van der Waals surface area (Å²) in [6.07, 6.45) is 0.395. The minimum absolute atomic E-state index is 0.395. The molecule has 1 rings (SSSR count). The molecule has 1 atom stereocenters. The van der Waals surface area contributed by atoms with Gasteiger partial charge < -0.3 is 9.94 Å². The molecule has 0 aliphatic heterocycles. The van der Waals surface area contributed by atoms with Gasteiger partial charge in [0, 0.05) is 6.42 Å². The van der Waals surface area contributed by atoms with Crippen LogP contribution in [0.3, 0.4) is 0 Å². The van der Waals surface area contributed by atoms with Crippen molar-refractivity contribution in [2.24, 2.45) is 0 Å². The van der Waals surface area contributed by atoms with Gasteiger partial charge in [0.15, 0.2) is 0 Å². The number of hydroxylamine groups is 1. The highest BCUT2D eigenvalue weighted by Gasteiger charge is 2.24. The molecule has 0 saturated carbocycles. The van der Waals surface area contributed by atoms with Crippen molar-refractivity contribution in [3.8, 4) is 0 Å². The SMILES string of the molecule is CC(C)(C)OC(=O)[C@H](Cc1ccccc1)NO. The fourth-order valence-electron chi connectivity index (χ4n) is 1.40. The van der Waals surface area contributed by atoms with Crippen LogP contribution in [0.2, 0.25) is 0 Å². The Labute approximate surface area is 102 Å². The maximum Gasteiger partial charge on any atom is 0.326 e. The Balaban J connectivity index is 2.63. The average molecular weight is 237 g/mol. The molecule has 0 aliphatic carbocycles. The van der Waals surface area contributed by atoms with Crippen LogP contribution in [0.4, 0.5) is 0 Å². The molecule has 4 heteroatoms. The minimum Gasteiger partial charge on any atom is -0.459 e. The first-order chi connectivity index (χ1) is 7.92. The first-order valence-electron chi connectivity index (χ1n) is 5.59. The summed E-state index contributed by atoms with van der Waals surface area (Å²) >= 11 is 0. The quantitative estimate of drug-likeness (QED) is 0.620. The highest BCUT2D eigenvalue weighted by Crippen LogP contribution is 2.11. The highest BCUT2D eigenvalue weighted by molar-refractivity contribution is 5.76. The summed E-state index contributed by atoms with van der Waals surface area (Å²) in [6, 6.07) is 8.73. The van der Waals surface area contributed by atoms with Gasteiger partial charge in [0.1, 0.15) is 11.6 Å². The fourth-order valence-corrected chi connectivity index (χ4v) is 1.40. The van der Waals surface area contributed by atoms with E-state index in [9.17, 15) is 4.79 Å². The second-order valence-electron chi connectivity index (χ2n) is 4.90. The zero-order valence-electron chi connectivity index (χ0n) is 10.4. The molecule has 0 unspecified atom stereocenters. The van der Waals surface area contributed by atoms with Crippen molar-refractivity contribution in [3.63, 3.8) is 0 Å². The number of hydrogen-bond donors (Lipinski definition) is 2. The predicted octanol–water partition coefficient (Wildman–Crippen LogP) is 1.92. The topological polar surface area (TPSA) is 58.6 Å². The van der Waals surface area contributed by atoms with Crippen molar-refractivity contribution in [1.29, 1.82) is 0 Å². The lowest BCUT2D eigenvalue weighted by Gasteiger charge is -2.23. The molecule has 0 radical (unpaired) electrons. The van der Waals surface area contributed by atoms with Gasteiger partial charge in [0.05, 0.1) is 0 Å². The molecular weight excluding hydrogens is 218 g/mol. The number of benzene rings is 1. The average Bonchev–Trinajstić information content (AvgIpc) is 2.24. The van der Waals surface area contributed by atoms with E-state index in [1.165, 1.54) is 0 Å². The van der Waals surface area contributed by atoms with Crippen molar-refractivity contribution >= 4 is 5.97 Å². The third-order valence-corrected chi connectivity index (χ3v) is 2.13. The maximum atomic E-state index is 11.7. The van der Waals surface area contributed by atoms with Crippen molar-refractivity contribution < 1.29 is 14.7 Å². The number of hydrogen-bond acceptors (Lipinski definition) is 4. The third kappa shape index (κ3) is 4.97. The summed E-state index contributed by atoms with van der Waals surface area (Å²) in [4.78, 5) is 11.7. The van der Waals surface area contributed by atoms with E-state index in [0.29, 0.717) is 6.42 Å². The molecule has 94 valence electrons. The smallest absolute Gasteiger partial charge is 0.326 e. The zero-order chi connectivity index (χ0) is 12.9. The second kappa shape index (κ2) is 5.80. The molecule has 0 saturated heterocycles. The number of carbonyl (C=O) groups is 1. The monoisotopic (exact) mass is 237 g/mol. The van der Waals surface area contributed by atoms with E-state index in [2.05, 4.69) is 0 Å². The fraction of sp³-hybridized carbons (Fsp3) is 0.462. The van der Waals surface area contributed by atoms with Gasteiger partial charge in [0.25, 0.3) is 0 Å². The van der Waals surface area contributed by atoms with Crippen molar-refractivity contribution in [2.75, 3.05) is 0 Å². The lowest BCUT2D eigenvalue weighted by atomic mass is 10.1. The molecule has 17 heavy (non-hydrogen) atoms. The molecule has 0 fully saturated rings. The summed E-state index contributed by atoms with van der Waals surface area (Å²) in [5.41, 5.74) is 2.41. The Bertz CT molecular complexity index is 357. The van der Waals surface area contributed by atoms with Gasteiger partial charge in [-0.3, -0.25) is 4.79 Å². The number of rotatable bonds is 4. The summed E-state index contributed by atoms with van der Waals surface area (Å²) in [7, 11) is 0. The summed E-state index contributed by atoms with van der Waals surface area (Å²) in [6.45, 7) is 5.38. The first kappa shape index (κ1) is 13.7. The first-order valence-corrected chi connectivity index (χ1v) is 5.59. The number of ether oxygens (including phenoxy) is 1. The Morgan fingerprint density at radius 3 is 2.41 bits per heavy atom. The molecule has 0 amide bonds. The van der Waals surface area contributed by atoms with E-state index in [0.717, 1.165) is 5.56 Å². The minimum atomic E-state index is -0.739. The molecular formula is C13H19NO3. The van der Waals surface area contributed by atoms with Gasteiger partial charge in [-0.2, -0.15) is 5.48 Å². The van der Waals surface area contributed by atoms with Crippen LogP contribution in [0.25, 0.3) is 0 Å². The van der Waals surface area contributed by atoms with E-state index in [-0.39, 0.29) is 0 Å². The van der Waals surface area contributed by atoms with Crippen LogP contribution in [0, 0.1) is 0 Å². The molecule has 0 spiro atoms. The number of esters is 1. The Morgan fingerprint density at radius 2 is 1.94 bits per heavy atom. The van der Waals surface area contributed by atoms with Gasteiger partial charge in [-0.1, -0.05) is 30.3 Å². The summed E-state index contributed by atoms with van der Waals surface area (Å²) < 4.78 is 5.20. The highest BCUT2D eigenvalue weighted by atomic mass is 16.6. The number of nitrogens with one attached hydrogen (secondary N) is 1. The van der Waals surface area contributed by atoms with E-state index >= 15 is 0 Å². The van der Waals surface area contributed by atoms with E-state index < -0.39 is 17.6 Å². The van der Waals surface area contributed by atoms with Gasteiger partial charge in [-0.05, 0) is 26.3 Å². The van der Waals surface area contributed by atoms with E-state index in [4.69, 9.17) is 9.94 Å². The lowest BCUT2D eigenvalue weighted by molar-refractivity contribution is -0.160. The van der Waals surface area contributed by atoms with Crippen LogP contribution in [0.15, 0.2) is 30.3 Å². The van der Waals surface area contributed by atoms with E-state index in [1.807, 2.05) is 35.8 Å². The van der Waals surface area contributed by atoms with Gasteiger partial charge in [-0.15, -0.1) is 0 Å². The maximum absolute atomic E-state index is 11.7. The van der Waals surface area contributed by atoms with Gasteiger partial charge in [0.2, 0.25) is 0 Å². The normalized spacial score (nSPS) is 13.2. The molecule has 4 nitrogen and oxygen atoms in total. The molecule has 0 bridgehead atoms. The Kier molecular flexibility index (Phi) is 4.66. The predicted molar refractivity (Wildman–Crippen MR) is 64.7 cm³/mol. The van der Waals surface area contributed by atoms with Crippen LogP contribution >= 0.6 is 0 Å². The molecule has 1 aromatic carbocycles. The lowest BCUT2D eigenvalue weighted by Crippen LogP contribution is -2.41. The van der Waals surface area contributed by atoms with E-state index in [1.54, 1.807) is 20.8 Å². The van der Waals surface area contributed by atoms with Crippen LogP contribution in [0.1, 0.15) is 26.3 Å². The van der Waals surface area contributed by atoms with Gasteiger partial charge >= 0.3 is 5.97 Å². The molecule has 1 aromatic rings. The van der Waals surface area contributed by atoms with Gasteiger partial charge in [-0.25, -0.2) is 0 Å². The van der Waals surface area contributed by atoms with Crippen molar-refractivity contribution in [2.45, 2.75) is 38.8 Å². The largest absolute Gasteiger partial charge is 0.459 e. The van der Waals surface area contributed by atoms with Crippen molar-refractivity contribution in [1.82, 2.24) is 5.48 Å². The summed E-state index contributed by atoms with van der Waals surface area (Å²) in [5.74, 6) is -0.455. The van der Waals surface area contributed by atoms with Crippen LogP contribution in [-0.4, -0.2) is 22.8 Å². The van der Waals surface area contributed by atoms with Crippen LogP contribution < -0.4 is 5.48 Å². The third-order valence-electron chi connectivity index (χ3n) is 2.13. The standard InChI is InChI=1S/C13H19NO3/c1-13(2,3)17-12(15)11(14-16)9-10-7-5-4-6-8-10/h4-8,11,14,16H,9H2,1-3H3/t11-/m0/s1. The zero-order valence-corrected chi connectivity index (χ0v) is 10.4. The molecule has 2 N–H and O–H groups in total. The van der Waals surface area contributed by atoms with Crippen molar-refractivity contribution in [3.05, 3.63) is 35.9 Å². The molecule has 0 aromatic heterocycles. The summed E-state index contributed by atoms with van der Waals surface area (Å²) in [5, 5.41) is 9.00. The second-order valence-corrected chi connectivity index (χ2v) is 4.90. The number of carbonyl (C=O) groups excluding carboxylic acids is 1. The molecule has 0 aliphatic rings.